The van der Waals surface area contributed by atoms with Crippen LogP contribution in [0, 0.1) is 0 Å². The van der Waals surface area contributed by atoms with Gasteiger partial charge in [0, 0.05) is 0 Å². The number of rotatable bonds is 5. The van der Waals surface area contributed by atoms with Gasteiger partial charge in [0.2, 0.25) is 0 Å². The summed E-state index contributed by atoms with van der Waals surface area (Å²) in [5.41, 5.74) is 13.9. The van der Waals surface area contributed by atoms with E-state index in [1.54, 1.807) is 0 Å². The van der Waals surface area contributed by atoms with Crippen molar-refractivity contribution in [1.29, 1.82) is 0 Å². The van der Waals surface area contributed by atoms with Gasteiger partial charge in [0.15, 0.2) is 0 Å². The first-order valence-electron chi connectivity index (χ1n) is 18.3. The van der Waals surface area contributed by atoms with Gasteiger partial charge in [-0.05, 0) is 129 Å². The van der Waals surface area contributed by atoms with Gasteiger partial charge in [0.25, 0.3) is 0 Å². The van der Waals surface area contributed by atoms with Gasteiger partial charge in [-0.25, -0.2) is 0 Å². The van der Waals surface area contributed by atoms with E-state index in [2.05, 4.69) is 209 Å². The maximum atomic E-state index is 2.38. The second-order valence-corrected chi connectivity index (χ2v) is 15.0. The molecule has 0 aromatic heterocycles. The van der Waals surface area contributed by atoms with Crippen LogP contribution in [0.5, 0.6) is 0 Å². The molecule has 0 fully saturated rings. The smallest absolute Gasteiger partial charge is 0.00262 e. The highest BCUT2D eigenvalue weighted by Crippen LogP contribution is 2.44. The third kappa shape index (κ3) is 5.77. The van der Waals surface area contributed by atoms with Gasteiger partial charge in [-0.2, -0.15) is 0 Å². The van der Waals surface area contributed by atoms with Crippen molar-refractivity contribution in [3.63, 3.8) is 0 Å². The molecule has 9 aromatic rings. The molecule has 0 atom stereocenters. The quantitative estimate of drug-likeness (QED) is 0.161. The highest BCUT2D eigenvalue weighted by molar-refractivity contribution is 6.21. The molecule has 0 aliphatic rings. The molecule has 0 aliphatic heterocycles. The standard InChI is InChI=1S/C52H40/c1-52(2,3)45-28-26-37(27-29-45)50-46-18-10-12-20-48(46)51(49-21-13-11-19-47(49)50)41-25-24-38-30-40(23-22-39(38)31-41)44-33-42(35-14-6-4-7-15-35)32-43(34-44)36-16-8-5-9-17-36/h4-34H,1-3H3. The second-order valence-electron chi connectivity index (χ2n) is 15.0. The Hall–Kier alpha value is -6.24. The molecule has 0 saturated heterocycles. The number of hydrogen-bond donors (Lipinski definition) is 0. The molecule has 0 aliphatic carbocycles. The molecule has 0 unspecified atom stereocenters. The molecule has 0 heteroatoms. The lowest BCUT2D eigenvalue weighted by Gasteiger charge is -2.21. The van der Waals surface area contributed by atoms with E-state index >= 15 is 0 Å². The van der Waals surface area contributed by atoms with Crippen LogP contribution in [-0.2, 0) is 5.41 Å². The van der Waals surface area contributed by atoms with Gasteiger partial charge in [0.05, 0.1) is 0 Å². The molecule has 248 valence electrons. The van der Waals surface area contributed by atoms with Crippen molar-refractivity contribution >= 4 is 32.3 Å². The van der Waals surface area contributed by atoms with E-state index in [9.17, 15) is 0 Å². The van der Waals surface area contributed by atoms with Crippen molar-refractivity contribution in [2.75, 3.05) is 0 Å². The van der Waals surface area contributed by atoms with Gasteiger partial charge in [-0.3, -0.25) is 0 Å². The van der Waals surface area contributed by atoms with E-state index < -0.39 is 0 Å². The zero-order valence-corrected chi connectivity index (χ0v) is 29.9. The zero-order chi connectivity index (χ0) is 35.2. The summed E-state index contributed by atoms with van der Waals surface area (Å²) >= 11 is 0. The van der Waals surface area contributed by atoms with Gasteiger partial charge < -0.3 is 0 Å². The predicted octanol–water partition coefficient (Wildman–Crippen LogP) is 14.8. The summed E-state index contributed by atoms with van der Waals surface area (Å²) in [6.07, 6.45) is 0. The maximum absolute atomic E-state index is 2.38. The van der Waals surface area contributed by atoms with Crippen molar-refractivity contribution in [3.05, 3.63) is 194 Å². The number of hydrogen-bond acceptors (Lipinski definition) is 0. The second kappa shape index (κ2) is 12.8. The van der Waals surface area contributed by atoms with Gasteiger partial charge >= 0.3 is 0 Å². The zero-order valence-electron chi connectivity index (χ0n) is 29.9. The Bertz CT molecular complexity index is 2610. The molecule has 52 heavy (non-hydrogen) atoms. The highest BCUT2D eigenvalue weighted by atomic mass is 14.2. The molecule has 0 N–H and O–H groups in total. The molecule has 9 rings (SSSR count). The molecule has 0 heterocycles. The average Bonchev–Trinajstić information content (AvgIpc) is 3.19. The summed E-state index contributed by atoms with van der Waals surface area (Å²) in [5.74, 6) is 0. The molecule has 0 spiro atoms. The minimum absolute atomic E-state index is 0.112. The average molecular weight is 665 g/mol. The minimum atomic E-state index is 0.112. The van der Waals surface area contributed by atoms with Crippen LogP contribution < -0.4 is 0 Å². The van der Waals surface area contributed by atoms with E-state index in [1.165, 1.54) is 93.5 Å². The molecular weight excluding hydrogens is 625 g/mol. The summed E-state index contributed by atoms with van der Waals surface area (Å²) < 4.78 is 0. The largest absolute Gasteiger partial charge is 0.0622 e. The third-order valence-electron chi connectivity index (χ3n) is 10.6. The normalized spacial score (nSPS) is 11.8. The van der Waals surface area contributed by atoms with E-state index in [0.29, 0.717) is 0 Å². The van der Waals surface area contributed by atoms with Crippen LogP contribution in [0.2, 0.25) is 0 Å². The summed E-state index contributed by atoms with van der Waals surface area (Å²) in [7, 11) is 0. The Morgan fingerprint density at radius 2 is 0.635 bits per heavy atom. The van der Waals surface area contributed by atoms with Crippen LogP contribution in [0.4, 0.5) is 0 Å². The summed E-state index contributed by atoms with van der Waals surface area (Å²) in [6, 6.07) is 69.3. The SMILES string of the molecule is CC(C)(C)c1ccc(-c2c3ccccc3c(-c3ccc4cc(-c5cc(-c6ccccc6)cc(-c6ccccc6)c5)ccc4c3)c3ccccc23)cc1. The first-order chi connectivity index (χ1) is 25.4. The Labute approximate surface area is 306 Å². The Balaban J connectivity index is 1.18. The maximum Gasteiger partial charge on any atom is -0.00262 e. The third-order valence-corrected chi connectivity index (χ3v) is 10.6. The monoisotopic (exact) mass is 664 g/mol. The Morgan fingerprint density at radius 1 is 0.269 bits per heavy atom. The lowest BCUT2D eigenvalue weighted by molar-refractivity contribution is 0.590. The minimum Gasteiger partial charge on any atom is -0.0622 e. The van der Waals surface area contributed by atoms with Crippen LogP contribution in [0.15, 0.2) is 188 Å². The van der Waals surface area contributed by atoms with Crippen LogP contribution in [-0.4, -0.2) is 0 Å². The van der Waals surface area contributed by atoms with E-state index in [-0.39, 0.29) is 5.41 Å². The number of fused-ring (bicyclic) bond motifs is 3. The number of benzene rings is 9. The molecule has 0 nitrogen and oxygen atoms in total. The lowest BCUT2D eigenvalue weighted by Crippen LogP contribution is -2.10. The first-order valence-corrected chi connectivity index (χ1v) is 18.3. The van der Waals surface area contributed by atoms with Crippen molar-refractivity contribution < 1.29 is 0 Å². The fraction of sp³-hybridized carbons (Fsp3) is 0.0769. The fourth-order valence-corrected chi connectivity index (χ4v) is 7.86. The van der Waals surface area contributed by atoms with Crippen molar-refractivity contribution in [3.8, 4) is 55.6 Å². The van der Waals surface area contributed by atoms with Crippen molar-refractivity contribution in [1.82, 2.24) is 0 Å². The summed E-state index contributed by atoms with van der Waals surface area (Å²) in [5, 5.41) is 7.58. The molecule has 0 radical (unpaired) electrons. The lowest BCUT2D eigenvalue weighted by atomic mass is 9.83. The topological polar surface area (TPSA) is 0 Å². The van der Waals surface area contributed by atoms with Gasteiger partial charge in [-0.15, -0.1) is 0 Å². The van der Waals surface area contributed by atoms with E-state index in [0.717, 1.165) is 0 Å². The van der Waals surface area contributed by atoms with Crippen LogP contribution in [0.3, 0.4) is 0 Å². The molecule has 0 bridgehead atoms. The van der Waals surface area contributed by atoms with Crippen LogP contribution >= 0.6 is 0 Å². The Kier molecular flexibility index (Phi) is 7.82. The molecular formula is C52H40. The highest BCUT2D eigenvalue weighted by Gasteiger charge is 2.18. The van der Waals surface area contributed by atoms with E-state index in [4.69, 9.17) is 0 Å². The molecule has 0 saturated carbocycles. The molecule has 0 amide bonds. The van der Waals surface area contributed by atoms with Crippen LogP contribution in [0.25, 0.3) is 88.0 Å². The molecule has 9 aromatic carbocycles. The van der Waals surface area contributed by atoms with Crippen LogP contribution in [0.1, 0.15) is 26.3 Å². The fourth-order valence-electron chi connectivity index (χ4n) is 7.86. The van der Waals surface area contributed by atoms with Gasteiger partial charge in [0.1, 0.15) is 0 Å². The Morgan fingerprint density at radius 3 is 1.10 bits per heavy atom. The summed E-state index contributed by atoms with van der Waals surface area (Å²) in [6.45, 7) is 6.82. The first kappa shape index (κ1) is 31.7. The van der Waals surface area contributed by atoms with Crippen molar-refractivity contribution in [2.45, 2.75) is 26.2 Å². The van der Waals surface area contributed by atoms with E-state index in [1.807, 2.05) is 0 Å². The predicted molar refractivity (Wildman–Crippen MR) is 225 cm³/mol. The summed E-state index contributed by atoms with van der Waals surface area (Å²) in [4.78, 5) is 0. The van der Waals surface area contributed by atoms with Gasteiger partial charge in [-0.1, -0.05) is 178 Å². The van der Waals surface area contributed by atoms with Crippen molar-refractivity contribution in [2.24, 2.45) is 0 Å².